The molecule has 1 aliphatic rings. The fourth-order valence-corrected chi connectivity index (χ4v) is 5.20. The molecule has 3 heterocycles. The lowest BCUT2D eigenvalue weighted by atomic mass is 10.2. The summed E-state index contributed by atoms with van der Waals surface area (Å²) in [6.45, 7) is 6.49. The van der Waals surface area contributed by atoms with Crippen LogP contribution in [-0.2, 0) is 4.79 Å². The molecule has 29 heavy (non-hydrogen) atoms. The lowest BCUT2D eigenvalue weighted by Crippen LogP contribution is -2.48. The van der Waals surface area contributed by atoms with E-state index in [9.17, 15) is 9.59 Å². The first kappa shape index (κ1) is 19.7. The third-order valence-electron chi connectivity index (χ3n) is 4.96. The zero-order valence-electron chi connectivity index (χ0n) is 16.5. The van der Waals surface area contributed by atoms with Gasteiger partial charge in [0, 0.05) is 38.0 Å². The smallest absolute Gasteiger partial charge is 0.267 e. The van der Waals surface area contributed by atoms with Crippen molar-refractivity contribution in [3.8, 4) is 5.75 Å². The Morgan fingerprint density at radius 3 is 2.48 bits per heavy atom. The van der Waals surface area contributed by atoms with Crippen LogP contribution in [0.5, 0.6) is 5.75 Å². The van der Waals surface area contributed by atoms with E-state index in [0.717, 1.165) is 33.9 Å². The van der Waals surface area contributed by atoms with Crippen molar-refractivity contribution < 1.29 is 14.3 Å². The summed E-state index contributed by atoms with van der Waals surface area (Å²) in [7, 11) is 1.62. The molecule has 1 aromatic carbocycles. The molecule has 1 N–H and O–H groups in total. The van der Waals surface area contributed by atoms with Crippen LogP contribution in [0.4, 0.5) is 10.8 Å². The molecule has 0 radical (unpaired) electrons. The molecule has 1 saturated heterocycles. The Hall–Kier alpha value is -2.65. The number of hydrogen-bond donors (Lipinski definition) is 1. The average molecular weight is 431 g/mol. The van der Waals surface area contributed by atoms with Gasteiger partial charge in [0.2, 0.25) is 5.91 Å². The second-order valence-corrected chi connectivity index (χ2v) is 9.13. The summed E-state index contributed by atoms with van der Waals surface area (Å²) in [6, 6.07) is 7.68. The third kappa shape index (κ3) is 3.92. The van der Waals surface area contributed by atoms with E-state index in [-0.39, 0.29) is 11.8 Å². The first-order chi connectivity index (χ1) is 14.0. The van der Waals surface area contributed by atoms with Crippen molar-refractivity contribution >= 4 is 55.5 Å². The van der Waals surface area contributed by atoms with Gasteiger partial charge in [-0.15, -0.1) is 11.3 Å². The van der Waals surface area contributed by atoms with Crippen LogP contribution in [0, 0.1) is 6.92 Å². The standard InChI is InChI=1S/C20H22N4O3S2/c1-12-4-7-16(28-12)19(26)22-20-21-17-15(27-3)6-5-14(18(17)29-20)24-10-8-23(9-11-24)13(2)25/h4-7H,8-11H2,1-3H3,(H,21,22,26). The van der Waals surface area contributed by atoms with E-state index in [2.05, 4.69) is 15.2 Å². The zero-order valence-corrected chi connectivity index (χ0v) is 18.2. The maximum Gasteiger partial charge on any atom is 0.267 e. The van der Waals surface area contributed by atoms with Crippen LogP contribution in [0.3, 0.4) is 0 Å². The predicted molar refractivity (Wildman–Crippen MR) is 118 cm³/mol. The molecule has 3 aromatic rings. The topological polar surface area (TPSA) is 74.8 Å². The molecule has 4 rings (SSSR count). The Bertz CT molecular complexity index is 1070. The van der Waals surface area contributed by atoms with Crippen LogP contribution in [0.25, 0.3) is 10.2 Å². The Morgan fingerprint density at radius 1 is 1.10 bits per heavy atom. The first-order valence-electron chi connectivity index (χ1n) is 9.32. The van der Waals surface area contributed by atoms with Gasteiger partial charge in [-0.2, -0.15) is 0 Å². The number of carbonyl (C=O) groups is 2. The quantitative estimate of drug-likeness (QED) is 0.685. The first-order valence-corrected chi connectivity index (χ1v) is 11.0. The van der Waals surface area contributed by atoms with Gasteiger partial charge in [-0.25, -0.2) is 4.98 Å². The fourth-order valence-electron chi connectivity index (χ4n) is 3.41. The number of aryl methyl sites for hydroxylation is 1. The largest absolute Gasteiger partial charge is 0.494 e. The Kier molecular flexibility index (Phi) is 5.42. The molecule has 1 aliphatic heterocycles. The summed E-state index contributed by atoms with van der Waals surface area (Å²) in [5, 5.41) is 3.46. The van der Waals surface area contributed by atoms with Gasteiger partial charge in [-0.1, -0.05) is 11.3 Å². The number of nitrogens with one attached hydrogen (secondary N) is 1. The van der Waals surface area contributed by atoms with Crippen molar-refractivity contribution in [1.82, 2.24) is 9.88 Å². The van der Waals surface area contributed by atoms with Crippen molar-refractivity contribution in [3.05, 3.63) is 34.0 Å². The van der Waals surface area contributed by atoms with E-state index in [1.54, 1.807) is 14.0 Å². The third-order valence-corrected chi connectivity index (χ3v) is 6.95. The Labute approximate surface area is 176 Å². The van der Waals surface area contributed by atoms with Crippen LogP contribution in [0.2, 0.25) is 0 Å². The number of carbonyl (C=O) groups excluding carboxylic acids is 2. The molecule has 0 aliphatic carbocycles. The molecule has 0 atom stereocenters. The van der Waals surface area contributed by atoms with Crippen LogP contribution >= 0.6 is 22.7 Å². The van der Waals surface area contributed by atoms with Crippen LogP contribution < -0.4 is 15.0 Å². The van der Waals surface area contributed by atoms with Gasteiger partial charge in [-0.05, 0) is 31.2 Å². The number of thiazole rings is 1. The Balaban J connectivity index is 1.63. The molecule has 0 saturated carbocycles. The summed E-state index contributed by atoms with van der Waals surface area (Å²) in [6.07, 6.45) is 0. The number of rotatable bonds is 4. The average Bonchev–Trinajstić information content (AvgIpc) is 3.33. The monoisotopic (exact) mass is 430 g/mol. The summed E-state index contributed by atoms with van der Waals surface area (Å²) in [5.41, 5.74) is 1.79. The molecule has 9 heteroatoms. The molecule has 2 aromatic heterocycles. The van der Waals surface area contributed by atoms with E-state index in [4.69, 9.17) is 4.74 Å². The normalized spacial score (nSPS) is 14.3. The minimum Gasteiger partial charge on any atom is -0.494 e. The van der Waals surface area contributed by atoms with Crippen LogP contribution in [0.1, 0.15) is 21.5 Å². The second-order valence-electron chi connectivity index (χ2n) is 6.84. The highest BCUT2D eigenvalue weighted by Gasteiger charge is 2.23. The fraction of sp³-hybridized carbons (Fsp3) is 0.350. The van der Waals surface area contributed by atoms with E-state index in [0.29, 0.717) is 28.8 Å². The number of methoxy groups -OCH3 is 1. The molecule has 152 valence electrons. The van der Waals surface area contributed by atoms with E-state index in [1.807, 2.05) is 36.1 Å². The number of fused-ring (bicyclic) bond motifs is 1. The molecular weight excluding hydrogens is 408 g/mol. The lowest BCUT2D eigenvalue weighted by Gasteiger charge is -2.35. The van der Waals surface area contributed by atoms with E-state index < -0.39 is 0 Å². The molecule has 7 nitrogen and oxygen atoms in total. The number of hydrogen-bond acceptors (Lipinski definition) is 7. The van der Waals surface area contributed by atoms with Crippen molar-refractivity contribution in [2.45, 2.75) is 13.8 Å². The van der Waals surface area contributed by atoms with Gasteiger partial charge in [0.15, 0.2) is 5.13 Å². The molecular formula is C20H22N4O3S2. The molecule has 0 bridgehead atoms. The van der Waals surface area contributed by atoms with Crippen molar-refractivity contribution in [2.24, 2.45) is 0 Å². The minimum atomic E-state index is -0.155. The molecule has 1 fully saturated rings. The van der Waals surface area contributed by atoms with Crippen LogP contribution in [0.15, 0.2) is 24.3 Å². The number of amides is 2. The number of aromatic nitrogens is 1. The highest BCUT2D eigenvalue weighted by molar-refractivity contribution is 7.23. The van der Waals surface area contributed by atoms with Gasteiger partial charge in [0.25, 0.3) is 5.91 Å². The van der Waals surface area contributed by atoms with Crippen molar-refractivity contribution in [2.75, 3.05) is 43.5 Å². The van der Waals surface area contributed by atoms with Crippen LogP contribution in [-0.4, -0.2) is 55.0 Å². The SMILES string of the molecule is COc1ccc(N2CCN(C(C)=O)CC2)c2sc(NC(=O)c3ccc(C)s3)nc12. The highest BCUT2D eigenvalue weighted by Crippen LogP contribution is 2.39. The number of benzene rings is 1. The van der Waals surface area contributed by atoms with Crippen molar-refractivity contribution in [1.29, 1.82) is 0 Å². The summed E-state index contributed by atoms with van der Waals surface area (Å²) in [4.78, 5) is 34.6. The number of piperazine rings is 1. The predicted octanol–water partition coefficient (Wildman–Crippen LogP) is 3.60. The van der Waals surface area contributed by atoms with Gasteiger partial charge >= 0.3 is 0 Å². The molecule has 0 spiro atoms. The highest BCUT2D eigenvalue weighted by atomic mass is 32.1. The summed E-state index contributed by atoms with van der Waals surface area (Å²) < 4.78 is 6.46. The number of nitrogens with zero attached hydrogens (tertiary/aromatic N) is 3. The maximum atomic E-state index is 12.5. The number of thiophene rings is 1. The van der Waals surface area contributed by atoms with Gasteiger partial charge in [0.05, 0.1) is 22.4 Å². The van der Waals surface area contributed by atoms with Gasteiger partial charge < -0.3 is 14.5 Å². The zero-order chi connectivity index (χ0) is 20.5. The molecule has 0 unspecified atom stereocenters. The maximum absolute atomic E-state index is 12.5. The van der Waals surface area contributed by atoms with Gasteiger partial charge in [-0.3, -0.25) is 14.9 Å². The minimum absolute atomic E-state index is 0.108. The number of anilines is 2. The van der Waals surface area contributed by atoms with E-state index in [1.165, 1.54) is 22.7 Å². The van der Waals surface area contributed by atoms with Crippen molar-refractivity contribution in [3.63, 3.8) is 0 Å². The van der Waals surface area contributed by atoms with Gasteiger partial charge in [0.1, 0.15) is 11.3 Å². The summed E-state index contributed by atoms with van der Waals surface area (Å²) >= 11 is 2.90. The van der Waals surface area contributed by atoms with E-state index >= 15 is 0 Å². The summed E-state index contributed by atoms with van der Waals surface area (Å²) in [5.74, 6) is 0.628. The lowest BCUT2D eigenvalue weighted by molar-refractivity contribution is -0.129. The Morgan fingerprint density at radius 2 is 1.86 bits per heavy atom. The molecule has 2 amide bonds. The second kappa shape index (κ2) is 8.00. The number of ether oxygens (including phenoxy) is 1.